The maximum Gasteiger partial charge on any atom is 0.0973 e. The van der Waals surface area contributed by atoms with E-state index >= 15 is 0 Å². The van der Waals surface area contributed by atoms with Gasteiger partial charge in [0.15, 0.2) is 0 Å². The molecule has 0 N–H and O–H groups in total. The molecule has 3 heterocycles. The van der Waals surface area contributed by atoms with E-state index in [1.807, 2.05) is 30.3 Å². The van der Waals surface area contributed by atoms with Gasteiger partial charge < -0.3 is 9.13 Å². The lowest BCUT2D eigenvalue weighted by Crippen LogP contribution is -1.97. The minimum absolute atomic E-state index is 0.878. The molecular weight excluding hydrogens is 681 g/mol. The van der Waals surface area contributed by atoms with E-state index in [2.05, 4.69) is 174 Å². The summed E-state index contributed by atoms with van der Waals surface area (Å²) in [6, 6.07) is 67.5. The van der Waals surface area contributed by atoms with Gasteiger partial charge in [0.25, 0.3) is 0 Å². The van der Waals surface area contributed by atoms with Crippen LogP contribution in [0.4, 0.5) is 0 Å². The van der Waals surface area contributed by atoms with Crippen LogP contribution >= 0.6 is 0 Å². The number of hydrogen-bond acceptors (Lipinski definition) is 2. The van der Waals surface area contributed by atoms with E-state index in [4.69, 9.17) is 9.97 Å². The van der Waals surface area contributed by atoms with Gasteiger partial charge in [-0.25, -0.2) is 9.97 Å². The van der Waals surface area contributed by atoms with Gasteiger partial charge in [-0.2, -0.15) is 0 Å². The zero-order chi connectivity index (χ0) is 37.2. The Labute approximate surface area is 324 Å². The fourth-order valence-electron chi connectivity index (χ4n) is 8.52. The molecule has 0 atom stereocenters. The average Bonchev–Trinajstić information content (AvgIpc) is 3.78. The minimum atomic E-state index is 0.878. The molecular formula is C52H36N4. The van der Waals surface area contributed by atoms with Gasteiger partial charge in [-0.05, 0) is 102 Å². The molecule has 0 radical (unpaired) electrons. The van der Waals surface area contributed by atoms with Crippen molar-refractivity contribution in [1.82, 2.24) is 19.1 Å². The fraction of sp³-hybridized carbons (Fsp3) is 0.0385. The van der Waals surface area contributed by atoms with Crippen LogP contribution in [0, 0.1) is 0 Å². The summed E-state index contributed by atoms with van der Waals surface area (Å²) in [4.78, 5) is 10.2. The number of nitrogens with zero attached hydrogens (tertiary/aromatic N) is 4. The molecule has 11 rings (SSSR count). The Morgan fingerprint density at radius 2 is 0.804 bits per heavy atom. The van der Waals surface area contributed by atoms with Crippen molar-refractivity contribution in [2.75, 3.05) is 0 Å². The molecule has 0 spiro atoms. The van der Waals surface area contributed by atoms with Crippen LogP contribution in [0.5, 0.6) is 0 Å². The van der Waals surface area contributed by atoms with Crippen molar-refractivity contribution >= 4 is 54.6 Å². The van der Waals surface area contributed by atoms with Crippen LogP contribution in [0.3, 0.4) is 0 Å². The number of fused-ring (bicyclic) bond motifs is 7. The predicted octanol–water partition coefficient (Wildman–Crippen LogP) is 13.4. The molecule has 8 aromatic carbocycles. The Bertz CT molecular complexity index is 3260. The maximum atomic E-state index is 5.14. The van der Waals surface area contributed by atoms with Gasteiger partial charge in [0.1, 0.15) is 0 Å². The molecule has 4 heteroatoms. The first-order valence-corrected chi connectivity index (χ1v) is 19.3. The van der Waals surface area contributed by atoms with Gasteiger partial charge >= 0.3 is 0 Å². The van der Waals surface area contributed by atoms with Crippen molar-refractivity contribution < 1.29 is 0 Å². The van der Waals surface area contributed by atoms with Gasteiger partial charge in [0.2, 0.25) is 0 Å². The predicted molar refractivity (Wildman–Crippen MR) is 234 cm³/mol. The first-order chi connectivity index (χ1) is 27.7. The molecule has 3 aromatic heterocycles. The molecule has 0 aliphatic heterocycles. The maximum absolute atomic E-state index is 5.14. The van der Waals surface area contributed by atoms with Crippen LogP contribution < -0.4 is 0 Å². The summed E-state index contributed by atoms with van der Waals surface area (Å²) in [6.07, 6.45) is 1.00. The average molecular weight is 717 g/mol. The number of hydrogen-bond donors (Lipinski definition) is 0. The molecule has 0 fully saturated rings. The van der Waals surface area contributed by atoms with Crippen molar-refractivity contribution in [3.63, 3.8) is 0 Å². The number of rotatable bonds is 6. The molecule has 0 aliphatic carbocycles. The Kier molecular flexibility index (Phi) is 7.42. The van der Waals surface area contributed by atoms with Crippen LogP contribution in [0.1, 0.15) is 12.5 Å². The Morgan fingerprint density at radius 3 is 1.43 bits per heavy atom. The highest BCUT2D eigenvalue weighted by Gasteiger charge is 2.18. The standard InChI is InChI=1S/C52H36N4/c1-2-34-21-28-48-42(31-34)44-33-38(25-30-50(44)55(48)39-15-7-4-8-16-39)37-24-29-49-43(32-37)41-17-9-12-20-47(41)56(49)40-26-22-36(23-27-40)52-51(35-13-5-3-6-14-35)53-45-18-10-11-19-46(45)54-52/h3-33H,2H2,1H3. The largest absolute Gasteiger partial charge is 0.309 e. The number of aryl methyl sites for hydroxylation is 1. The zero-order valence-electron chi connectivity index (χ0n) is 30.9. The Morgan fingerprint density at radius 1 is 0.357 bits per heavy atom. The van der Waals surface area contributed by atoms with Gasteiger partial charge in [-0.1, -0.05) is 116 Å². The first kappa shape index (κ1) is 32.2. The molecule has 56 heavy (non-hydrogen) atoms. The normalized spacial score (nSPS) is 11.7. The minimum Gasteiger partial charge on any atom is -0.309 e. The van der Waals surface area contributed by atoms with E-state index in [-0.39, 0.29) is 0 Å². The van der Waals surface area contributed by atoms with Crippen molar-refractivity contribution in [2.45, 2.75) is 13.3 Å². The second-order valence-electron chi connectivity index (χ2n) is 14.5. The summed E-state index contributed by atoms with van der Waals surface area (Å²) >= 11 is 0. The van der Waals surface area contributed by atoms with E-state index in [1.165, 1.54) is 66.0 Å². The number of aromatic nitrogens is 4. The Balaban J connectivity index is 1.04. The van der Waals surface area contributed by atoms with Gasteiger partial charge in [-0.15, -0.1) is 0 Å². The van der Waals surface area contributed by atoms with Crippen LogP contribution in [-0.2, 0) is 6.42 Å². The summed E-state index contributed by atoms with van der Waals surface area (Å²) in [5.41, 5.74) is 16.5. The van der Waals surface area contributed by atoms with Gasteiger partial charge in [0, 0.05) is 44.0 Å². The van der Waals surface area contributed by atoms with Crippen molar-refractivity contribution in [3.05, 3.63) is 194 Å². The summed E-state index contributed by atoms with van der Waals surface area (Å²) in [5, 5.41) is 5.02. The third kappa shape index (κ3) is 5.14. The van der Waals surface area contributed by atoms with Crippen molar-refractivity contribution in [1.29, 1.82) is 0 Å². The summed E-state index contributed by atoms with van der Waals surface area (Å²) < 4.78 is 4.77. The van der Waals surface area contributed by atoms with Crippen LogP contribution in [0.2, 0.25) is 0 Å². The van der Waals surface area contributed by atoms with E-state index in [1.54, 1.807) is 0 Å². The lowest BCUT2D eigenvalue weighted by molar-refractivity contribution is 1.14. The smallest absolute Gasteiger partial charge is 0.0973 e. The third-order valence-electron chi connectivity index (χ3n) is 11.3. The Hall–Kier alpha value is -7.30. The van der Waals surface area contributed by atoms with E-state index in [0.717, 1.165) is 45.7 Å². The topological polar surface area (TPSA) is 35.6 Å². The SMILES string of the molecule is CCc1ccc2c(c1)c1cc(-c3ccc4c(c3)c3ccccc3n4-c3ccc(-c4nc5ccccc5nc4-c4ccccc4)cc3)ccc1n2-c1ccccc1. The molecule has 0 aliphatic rings. The quantitative estimate of drug-likeness (QED) is 0.172. The zero-order valence-corrected chi connectivity index (χ0v) is 30.9. The monoisotopic (exact) mass is 716 g/mol. The van der Waals surface area contributed by atoms with Crippen LogP contribution in [0.25, 0.3) is 99.7 Å². The summed E-state index contributed by atoms with van der Waals surface area (Å²) in [6.45, 7) is 2.23. The molecule has 0 bridgehead atoms. The molecule has 264 valence electrons. The highest BCUT2D eigenvalue weighted by Crippen LogP contribution is 2.39. The van der Waals surface area contributed by atoms with E-state index in [9.17, 15) is 0 Å². The van der Waals surface area contributed by atoms with E-state index < -0.39 is 0 Å². The second kappa shape index (κ2) is 12.9. The van der Waals surface area contributed by atoms with Gasteiger partial charge in [-0.3, -0.25) is 0 Å². The number of benzene rings is 8. The summed E-state index contributed by atoms with van der Waals surface area (Å²) in [7, 11) is 0. The molecule has 0 amide bonds. The molecule has 0 unspecified atom stereocenters. The van der Waals surface area contributed by atoms with Crippen molar-refractivity contribution in [2.24, 2.45) is 0 Å². The molecule has 0 saturated heterocycles. The summed E-state index contributed by atoms with van der Waals surface area (Å²) in [5.74, 6) is 0. The van der Waals surface area contributed by atoms with E-state index in [0.29, 0.717) is 0 Å². The van der Waals surface area contributed by atoms with Crippen molar-refractivity contribution in [3.8, 4) is 45.0 Å². The lowest BCUT2D eigenvalue weighted by atomic mass is 10.00. The second-order valence-corrected chi connectivity index (χ2v) is 14.5. The van der Waals surface area contributed by atoms with Crippen LogP contribution in [-0.4, -0.2) is 19.1 Å². The highest BCUT2D eigenvalue weighted by atomic mass is 15.0. The fourth-order valence-corrected chi connectivity index (χ4v) is 8.52. The molecule has 4 nitrogen and oxygen atoms in total. The number of para-hydroxylation sites is 4. The molecule has 0 saturated carbocycles. The van der Waals surface area contributed by atoms with Crippen LogP contribution in [0.15, 0.2) is 188 Å². The third-order valence-corrected chi connectivity index (χ3v) is 11.3. The highest BCUT2D eigenvalue weighted by molar-refractivity contribution is 6.13. The van der Waals surface area contributed by atoms with Gasteiger partial charge in [0.05, 0.1) is 44.5 Å². The molecule has 11 aromatic rings. The first-order valence-electron chi connectivity index (χ1n) is 19.3. The lowest BCUT2D eigenvalue weighted by Gasteiger charge is -2.12.